The topological polar surface area (TPSA) is 67.7 Å². The third-order valence-corrected chi connectivity index (χ3v) is 1.14. The number of allylic oxidation sites excluding steroid dienone is 1. The summed E-state index contributed by atoms with van der Waals surface area (Å²) in [5, 5.41) is 7.15. The van der Waals surface area contributed by atoms with Crippen LogP contribution in [-0.2, 0) is 0 Å². The molecule has 0 unspecified atom stereocenters. The average Bonchev–Trinajstić information content (AvgIpc) is 2.53. The summed E-state index contributed by atoms with van der Waals surface area (Å²) in [7, 11) is 0. The first kappa shape index (κ1) is 7.46. The molecule has 0 amide bonds. The normalized spacial score (nSPS) is 11.5. The van der Waals surface area contributed by atoms with Crippen LogP contribution in [-0.4, -0.2) is 15.4 Å². The third-order valence-electron chi connectivity index (χ3n) is 1.14. The molecule has 5 heteroatoms. The molecule has 1 aromatic heterocycles. The zero-order valence-electron chi connectivity index (χ0n) is 5.66. The van der Waals surface area contributed by atoms with Crippen LogP contribution in [0.15, 0.2) is 30.7 Å². The molecule has 1 heterocycles. The summed E-state index contributed by atoms with van der Waals surface area (Å²) < 4.78 is 13.8. The van der Waals surface area contributed by atoms with Crippen molar-refractivity contribution in [3.05, 3.63) is 30.7 Å². The van der Waals surface area contributed by atoms with E-state index >= 15 is 0 Å². The summed E-state index contributed by atoms with van der Waals surface area (Å²) in [5.41, 5.74) is 4.87. The van der Waals surface area contributed by atoms with Crippen LogP contribution in [0, 0.1) is 5.41 Å². The molecule has 1 rings (SSSR count). The molecular weight excluding hydrogens is 147 g/mol. The fourth-order valence-corrected chi connectivity index (χ4v) is 0.594. The van der Waals surface area contributed by atoms with Crippen molar-refractivity contribution in [2.75, 3.05) is 0 Å². The predicted octanol–water partition coefficient (Wildman–Crippen LogP) is 0.478. The maximum atomic E-state index is 12.6. The van der Waals surface area contributed by atoms with Crippen LogP contribution < -0.4 is 5.73 Å². The van der Waals surface area contributed by atoms with Gasteiger partial charge in [-0.1, -0.05) is 0 Å². The highest BCUT2D eigenvalue weighted by molar-refractivity contribution is 5.95. The Labute approximate surface area is 62.7 Å². The summed E-state index contributed by atoms with van der Waals surface area (Å²) in [6, 6.07) is 0. The number of rotatable bonds is 1. The molecule has 0 saturated carbocycles. The number of aromatic nitrogens is 2. The lowest BCUT2D eigenvalue weighted by Gasteiger charge is -1.98. The van der Waals surface area contributed by atoms with Crippen LogP contribution in [0.3, 0.4) is 0 Å². The van der Waals surface area contributed by atoms with Crippen LogP contribution in [0.2, 0.25) is 0 Å². The van der Waals surface area contributed by atoms with E-state index in [4.69, 9.17) is 11.1 Å². The van der Waals surface area contributed by atoms with Crippen LogP contribution in [0.4, 0.5) is 4.39 Å². The second kappa shape index (κ2) is 2.96. The van der Waals surface area contributed by atoms with E-state index in [1.165, 1.54) is 23.3 Å². The Bertz CT molecular complexity index is 275. The first-order valence-electron chi connectivity index (χ1n) is 2.90. The van der Waals surface area contributed by atoms with E-state index in [2.05, 4.69) is 4.98 Å². The van der Waals surface area contributed by atoms with Crippen molar-refractivity contribution in [3.8, 4) is 0 Å². The van der Waals surface area contributed by atoms with Gasteiger partial charge in [0.25, 0.3) is 0 Å². The van der Waals surface area contributed by atoms with Gasteiger partial charge < -0.3 is 5.73 Å². The van der Waals surface area contributed by atoms with E-state index in [1.54, 1.807) is 0 Å². The van der Waals surface area contributed by atoms with Crippen LogP contribution >= 0.6 is 0 Å². The molecule has 0 aliphatic rings. The molecule has 4 nitrogen and oxygen atoms in total. The highest BCUT2D eigenvalue weighted by Gasteiger charge is 2.03. The molecule has 0 aromatic carbocycles. The van der Waals surface area contributed by atoms with E-state index in [1.807, 2.05) is 0 Å². The average molecular weight is 154 g/mol. The summed E-state index contributed by atoms with van der Waals surface area (Å²) in [6.07, 6.45) is 4.98. The van der Waals surface area contributed by atoms with Gasteiger partial charge in [0.15, 0.2) is 11.7 Å². The number of hydrogen-bond acceptors (Lipinski definition) is 3. The van der Waals surface area contributed by atoms with E-state index in [9.17, 15) is 4.39 Å². The lowest BCUT2D eigenvalue weighted by atomic mass is 10.5. The van der Waals surface area contributed by atoms with E-state index < -0.39 is 5.83 Å². The first-order chi connectivity index (χ1) is 5.25. The van der Waals surface area contributed by atoms with E-state index in [-0.39, 0.29) is 5.84 Å². The molecule has 3 N–H and O–H groups in total. The van der Waals surface area contributed by atoms with Crippen molar-refractivity contribution in [2.45, 2.75) is 0 Å². The number of imidazole rings is 1. The van der Waals surface area contributed by atoms with Gasteiger partial charge >= 0.3 is 0 Å². The van der Waals surface area contributed by atoms with Gasteiger partial charge in [0.2, 0.25) is 0 Å². The van der Waals surface area contributed by atoms with Crippen molar-refractivity contribution >= 4 is 5.84 Å². The lowest BCUT2D eigenvalue weighted by molar-refractivity contribution is 0.668. The third kappa shape index (κ3) is 1.43. The van der Waals surface area contributed by atoms with Gasteiger partial charge in [0, 0.05) is 18.6 Å². The van der Waals surface area contributed by atoms with Crippen LogP contribution in [0.25, 0.3) is 0 Å². The van der Waals surface area contributed by atoms with Gasteiger partial charge in [-0.25, -0.2) is 9.37 Å². The smallest absolute Gasteiger partial charge is 0.181 e. The minimum Gasteiger partial charge on any atom is -0.402 e. The van der Waals surface area contributed by atoms with Gasteiger partial charge in [-0.15, -0.1) is 0 Å². The summed E-state index contributed by atoms with van der Waals surface area (Å²) in [5.74, 6) is -1.09. The molecule has 0 aliphatic heterocycles. The quantitative estimate of drug-likeness (QED) is 0.456. The zero-order valence-corrected chi connectivity index (χ0v) is 5.66. The van der Waals surface area contributed by atoms with Crippen LogP contribution in [0.5, 0.6) is 0 Å². The highest BCUT2D eigenvalue weighted by atomic mass is 19.1. The lowest BCUT2D eigenvalue weighted by Crippen LogP contribution is -2.09. The standard InChI is InChI=1S/C6H7FN4/c7-5(3-8)6(9)11-2-1-10-4-11/h1-4,9H,8H2. The number of nitrogens with zero attached hydrogens (tertiary/aromatic N) is 2. The molecule has 0 bridgehead atoms. The zero-order chi connectivity index (χ0) is 8.27. The van der Waals surface area contributed by atoms with Crippen molar-refractivity contribution in [1.82, 2.24) is 9.55 Å². The van der Waals surface area contributed by atoms with Crippen LogP contribution in [0.1, 0.15) is 0 Å². The van der Waals surface area contributed by atoms with Crippen molar-refractivity contribution in [2.24, 2.45) is 5.73 Å². The summed E-state index contributed by atoms with van der Waals surface area (Å²) in [4.78, 5) is 3.65. The molecule has 0 atom stereocenters. The van der Waals surface area contributed by atoms with Gasteiger partial charge in [0.1, 0.15) is 6.33 Å². The van der Waals surface area contributed by atoms with E-state index in [0.717, 1.165) is 6.20 Å². The van der Waals surface area contributed by atoms with Crippen molar-refractivity contribution in [1.29, 1.82) is 5.41 Å². The Kier molecular flexibility index (Phi) is 2.00. The minimum absolute atomic E-state index is 0.315. The first-order valence-corrected chi connectivity index (χ1v) is 2.90. The second-order valence-corrected chi connectivity index (χ2v) is 1.83. The van der Waals surface area contributed by atoms with E-state index in [0.29, 0.717) is 0 Å². The molecule has 0 spiro atoms. The van der Waals surface area contributed by atoms with Gasteiger partial charge in [-0.2, -0.15) is 0 Å². The fourth-order valence-electron chi connectivity index (χ4n) is 0.594. The second-order valence-electron chi connectivity index (χ2n) is 1.83. The molecular formula is C6H7FN4. The number of nitrogens with one attached hydrogen (secondary N) is 1. The molecule has 0 fully saturated rings. The Morgan fingerprint density at radius 2 is 2.45 bits per heavy atom. The SMILES string of the molecule is N=C(C(F)=CN)n1ccnc1. The van der Waals surface area contributed by atoms with Crippen molar-refractivity contribution < 1.29 is 4.39 Å². The minimum atomic E-state index is -0.775. The maximum Gasteiger partial charge on any atom is 0.181 e. The fraction of sp³-hybridized carbons (Fsp3) is 0. The highest BCUT2D eigenvalue weighted by Crippen LogP contribution is 1.98. The Morgan fingerprint density at radius 3 is 2.91 bits per heavy atom. The predicted molar refractivity (Wildman–Crippen MR) is 38.7 cm³/mol. The van der Waals surface area contributed by atoms with Gasteiger partial charge in [-0.05, 0) is 0 Å². The van der Waals surface area contributed by atoms with Gasteiger partial charge in [-0.3, -0.25) is 9.98 Å². The molecule has 0 radical (unpaired) electrons. The number of hydrogen-bond donors (Lipinski definition) is 2. The number of halogens is 1. The summed E-state index contributed by atoms with van der Waals surface area (Å²) in [6.45, 7) is 0. The monoisotopic (exact) mass is 154 g/mol. The maximum absolute atomic E-state index is 12.6. The largest absolute Gasteiger partial charge is 0.402 e. The molecule has 58 valence electrons. The van der Waals surface area contributed by atoms with Gasteiger partial charge in [0.05, 0.1) is 0 Å². The Balaban J connectivity index is 2.87. The van der Waals surface area contributed by atoms with Crippen molar-refractivity contribution in [3.63, 3.8) is 0 Å². The Hall–Kier alpha value is -1.65. The number of nitrogens with two attached hydrogens (primary N) is 1. The molecule has 0 saturated heterocycles. The summed E-state index contributed by atoms with van der Waals surface area (Å²) >= 11 is 0. The Morgan fingerprint density at radius 1 is 1.73 bits per heavy atom. The molecule has 11 heavy (non-hydrogen) atoms. The molecule has 1 aromatic rings. The molecule has 0 aliphatic carbocycles.